The van der Waals surface area contributed by atoms with Gasteiger partial charge in [-0.3, -0.25) is 4.79 Å². The molecule has 19 heavy (non-hydrogen) atoms. The number of carbonyl (C=O) groups is 1. The van der Waals surface area contributed by atoms with Gasteiger partial charge in [-0.2, -0.15) is 0 Å². The van der Waals surface area contributed by atoms with Crippen LogP contribution in [0, 0.1) is 0 Å². The van der Waals surface area contributed by atoms with Crippen molar-refractivity contribution < 1.29 is 14.6 Å². The molecule has 1 heterocycles. The summed E-state index contributed by atoms with van der Waals surface area (Å²) in [7, 11) is 1.41. The summed E-state index contributed by atoms with van der Waals surface area (Å²) in [5.74, 6) is -0.189. The Hall–Kier alpha value is -2.15. The lowest BCUT2D eigenvalue weighted by atomic mass is 10.1. The highest BCUT2D eigenvalue weighted by Crippen LogP contribution is 2.29. The fraction of sp³-hybridized carbons (Fsp3) is 0.0833. The fourth-order valence-corrected chi connectivity index (χ4v) is 1.64. The number of benzene rings is 1. The maximum atomic E-state index is 12.0. The summed E-state index contributed by atoms with van der Waals surface area (Å²) in [5, 5.41) is 12.4. The van der Waals surface area contributed by atoms with Gasteiger partial charge < -0.3 is 15.2 Å². The van der Waals surface area contributed by atoms with Crippen LogP contribution in [0.4, 0.5) is 5.82 Å². The molecule has 2 rings (SSSR count). The molecule has 7 heteroatoms. The average Bonchev–Trinajstić information content (AvgIpc) is 2.41. The van der Waals surface area contributed by atoms with Gasteiger partial charge in [0.15, 0.2) is 17.3 Å². The van der Waals surface area contributed by atoms with E-state index in [2.05, 4.69) is 31.2 Å². The van der Waals surface area contributed by atoms with Gasteiger partial charge in [0.05, 0.1) is 25.1 Å². The van der Waals surface area contributed by atoms with Crippen molar-refractivity contribution in [3.05, 3.63) is 40.8 Å². The van der Waals surface area contributed by atoms with Crippen molar-refractivity contribution in [2.24, 2.45) is 0 Å². The highest BCUT2D eigenvalue weighted by atomic mass is 79.9. The standard InChI is InChI=1S/C12H10BrN3O3/c1-19-8-4-2-3-7(11(8)17)12(18)16-10-6-14-9(13)5-15-10/h2-6,17H,1H3,(H,15,16,18). The molecule has 2 aromatic rings. The number of nitrogens with zero attached hydrogens (tertiary/aromatic N) is 2. The molecule has 0 radical (unpaired) electrons. The summed E-state index contributed by atoms with van der Waals surface area (Å²) in [6.07, 6.45) is 2.86. The van der Waals surface area contributed by atoms with E-state index in [-0.39, 0.29) is 22.9 Å². The minimum atomic E-state index is -0.493. The van der Waals surface area contributed by atoms with Crippen LogP contribution in [0.5, 0.6) is 11.5 Å². The van der Waals surface area contributed by atoms with E-state index in [1.807, 2.05) is 0 Å². The van der Waals surface area contributed by atoms with Crippen molar-refractivity contribution in [2.45, 2.75) is 0 Å². The lowest BCUT2D eigenvalue weighted by molar-refractivity contribution is 0.102. The van der Waals surface area contributed by atoms with Crippen molar-refractivity contribution in [3.63, 3.8) is 0 Å². The number of methoxy groups -OCH3 is 1. The van der Waals surface area contributed by atoms with Crippen molar-refractivity contribution in [1.29, 1.82) is 0 Å². The first kappa shape index (κ1) is 13.3. The smallest absolute Gasteiger partial charge is 0.260 e. The predicted octanol–water partition coefficient (Wildman–Crippen LogP) is 2.21. The summed E-state index contributed by atoms with van der Waals surface area (Å²) in [6, 6.07) is 4.66. The third-order valence-corrected chi connectivity index (χ3v) is 2.73. The molecule has 0 unspecified atom stereocenters. The van der Waals surface area contributed by atoms with E-state index in [4.69, 9.17) is 4.74 Å². The van der Waals surface area contributed by atoms with Crippen LogP contribution in [0.15, 0.2) is 35.2 Å². The molecule has 1 amide bonds. The lowest BCUT2D eigenvalue weighted by Gasteiger charge is -2.08. The zero-order chi connectivity index (χ0) is 13.8. The quantitative estimate of drug-likeness (QED) is 0.904. The van der Waals surface area contributed by atoms with Gasteiger partial charge in [0.2, 0.25) is 0 Å². The van der Waals surface area contributed by atoms with Crippen LogP contribution in [0.3, 0.4) is 0 Å². The molecule has 0 saturated heterocycles. The zero-order valence-corrected chi connectivity index (χ0v) is 11.5. The number of carbonyl (C=O) groups excluding carboxylic acids is 1. The third kappa shape index (κ3) is 3.00. The number of nitrogens with one attached hydrogen (secondary N) is 1. The van der Waals surface area contributed by atoms with Crippen molar-refractivity contribution in [1.82, 2.24) is 9.97 Å². The molecule has 0 aliphatic carbocycles. The molecule has 98 valence electrons. The van der Waals surface area contributed by atoms with E-state index in [0.29, 0.717) is 4.60 Å². The molecular weight excluding hydrogens is 314 g/mol. The molecule has 0 fully saturated rings. The lowest BCUT2D eigenvalue weighted by Crippen LogP contribution is -2.13. The number of hydrogen-bond acceptors (Lipinski definition) is 5. The number of phenolic OH excluding ortho intramolecular Hbond substituents is 1. The highest BCUT2D eigenvalue weighted by Gasteiger charge is 2.15. The van der Waals surface area contributed by atoms with Crippen LogP contribution in [0.1, 0.15) is 10.4 Å². The summed E-state index contributed by atoms with van der Waals surface area (Å²) in [4.78, 5) is 19.9. The van der Waals surface area contributed by atoms with Crippen LogP contribution < -0.4 is 10.1 Å². The first-order chi connectivity index (χ1) is 9.11. The van der Waals surface area contributed by atoms with Gasteiger partial charge in [0.1, 0.15) is 4.60 Å². The molecule has 1 aromatic heterocycles. The molecule has 0 atom stereocenters. The second-order valence-electron chi connectivity index (χ2n) is 3.53. The van der Waals surface area contributed by atoms with Crippen molar-refractivity contribution in [3.8, 4) is 11.5 Å². The van der Waals surface area contributed by atoms with E-state index >= 15 is 0 Å². The second kappa shape index (κ2) is 5.66. The van der Waals surface area contributed by atoms with Gasteiger partial charge in [0.25, 0.3) is 5.91 Å². The number of anilines is 1. The Morgan fingerprint density at radius 1 is 1.37 bits per heavy atom. The molecule has 0 saturated carbocycles. The number of hydrogen-bond donors (Lipinski definition) is 2. The number of phenols is 1. The highest BCUT2D eigenvalue weighted by molar-refractivity contribution is 9.10. The molecular formula is C12H10BrN3O3. The normalized spacial score (nSPS) is 10.0. The Morgan fingerprint density at radius 2 is 2.16 bits per heavy atom. The molecule has 0 spiro atoms. The van der Waals surface area contributed by atoms with E-state index in [1.54, 1.807) is 12.1 Å². The second-order valence-corrected chi connectivity index (χ2v) is 4.35. The van der Waals surface area contributed by atoms with Crippen molar-refractivity contribution in [2.75, 3.05) is 12.4 Å². The van der Waals surface area contributed by atoms with Crippen molar-refractivity contribution >= 4 is 27.7 Å². The van der Waals surface area contributed by atoms with Crippen LogP contribution in [-0.2, 0) is 0 Å². The largest absolute Gasteiger partial charge is 0.504 e. The number of aromatic hydroxyl groups is 1. The Morgan fingerprint density at radius 3 is 2.79 bits per heavy atom. The van der Waals surface area contributed by atoms with Gasteiger partial charge in [-0.15, -0.1) is 0 Å². The maximum Gasteiger partial charge on any atom is 0.260 e. The Labute approximate surface area is 117 Å². The topological polar surface area (TPSA) is 84.3 Å². The molecule has 0 aliphatic heterocycles. The fourth-order valence-electron chi connectivity index (χ4n) is 1.43. The SMILES string of the molecule is COc1cccc(C(=O)Nc2cnc(Br)cn2)c1O. The summed E-state index contributed by atoms with van der Waals surface area (Å²) < 4.78 is 5.50. The van der Waals surface area contributed by atoms with Gasteiger partial charge in [-0.25, -0.2) is 9.97 Å². The number of rotatable bonds is 3. The predicted molar refractivity (Wildman–Crippen MR) is 72.3 cm³/mol. The van der Waals surface area contributed by atoms with E-state index in [1.165, 1.54) is 25.6 Å². The third-order valence-electron chi connectivity index (χ3n) is 2.33. The van der Waals surface area contributed by atoms with Crippen LogP contribution >= 0.6 is 15.9 Å². The molecule has 0 aliphatic rings. The van der Waals surface area contributed by atoms with E-state index in [0.717, 1.165) is 0 Å². The van der Waals surface area contributed by atoms with E-state index < -0.39 is 5.91 Å². The van der Waals surface area contributed by atoms with Crippen LogP contribution in [0.2, 0.25) is 0 Å². The number of aromatic nitrogens is 2. The molecule has 6 nitrogen and oxygen atoms in total. The van der Waals surface area contributed by atoms with Crippen LogP contribution in [-0.4, -0.2) is 28.1 Å². The van der Waals surface area contributed by atoms with Gasteiger partial charge in [0, 0.05) is 0 Å². The zero-order valence-electron chi connectivity index (χ0n) is 9.92. The van der Waals surface area contributed by atoms with Gasteiger partial charge in [-0.05, 0) is 28.1 Å². The monoisotopic (exact) mass is 323 g/mol. The van der Waals surface area contributed by atoms with Gasteiger partial charge >= 0.3 is 0 Å². The Balaban J connectivity index is 2.23. The number of halogens is 1. The molecule has 2 N–H and O–H groups in total. The first-order valence-corrected chi connectivity index (χ1v) is 6.06. The minimum absolute atomic E-state index is 0.101. The maximum absolute atomic E-state index is 12.0. The average molecular weight is 324 g/mol. The molecule has 1 aromatic carbocycles. The number of para-hydroxylation sites is 1. The number of amides is 1. The summed E-state index contributed by atoms with van der Waals surface area (Å²) in [6.45, 7) is 0. The van der Waals surface area contributed by atoms with Crippen LogP contribution in [0.25, 0.3) is 0 Å². The minimum Gasteiger partial charge on any atom is -0.504 e. The van der Waals surface area contributed by atoms with E-state index in [9.17, 15) is 9.90 Å². The number of ether oxygens (including phenoxy) is 1. The van der Waals surface area contributed by atoms with Gasteiger partial charge in [-0.1, -0.05) is 6.07 Å². The first-order valence-electron chi connectivity index (χ1n) is 5.26. The Bertz CT molecular complexity index is 602. The summed E-state index contributed by atoms with van der Waals surface area (Å²) >= 11 is 3.14. The Kier molecular flexibility index (Phi) is 3.96. The summed E-state index contributed by atoms with van der Waals surface area (Å²) in [5.41, 5.74) is 0.101. The molecule has 0 bridgehead atoms.